The monoisotopic (exact) mass is 342 g/mol. The highest BCUT2D eigenvalue weighted by Crippen LogP contribution is 2.27. The Labute approximate surface area is 147 Å². The summed E-state index contributed by atoms with van der Waals surface area (Å²) >= 11 is 0. The van der Waals surface area contributed by atoms with Gasteiger partial charge in [-0.2, -0.15) is 0 Å². The zero-order chi connectivity index (χ0) is 17.6. The first-order valence-electron chi connectivity index (χ1n) is 9.18. The van der Waals surface area contributed by atoms with Crippen LogP contribution in [0.15, 0.2) is 35.1 Å². The van der Waals surface area contributed by atoms with Crippen LogP contribution in [0.5, 0.6) is 0 Å². The van der Waals surface area contributed by atoms with Crippen molar-refractivity contribution in [3.8, 4) is 0 Å². The number of hydrogen-bond acceptors (Lipinski definition) is 3. The van der Waals surface area contributed by atoms with Gasteiger partial charge in [-0.15, -0.1) is 0 Å². The molecule has 134 valence electrons. The molecule has 1 saturated carbocycles. The van der Waals surface area contributed by atoms with E-state index in [-0.39, 0.29) is 30.5 Å². The molecule has 1 aromatic carbocycles. The van der Waals surface area contributed by atoms with Crippen LogP contribution >= 0.6 is 0 Å². The van der Waals surface area contributed by atoms with Crippen LogP contribution in [0, 0.1) is 5.92 Å². The summed E-state index contributed by atoms with van der Waals surface area (Å²) in [6, 6.07) is 9.33. The highest BCUT2D eigenvalue weighted by molar-refractivity contribution is 5.82. The molecule has 1 aliphatic carbocycles. The van der Waals surface area contributed by atoms with Crippen molar-refractivity contribution in [1.29, 1.82) is 0 Å². The summed E-state index contributed by atoms with van der Waals surface area (Å²) in [6.45, 7) is 0.0675. The zero-order valence-electron chi connectivity index (χ0n) is 14.5. The predicted octanol–water partition coefficient (Wildman–Crippen LogP) is 2.52. The molecule has 2 aromatic rings. The Morgan fingerprint density at radius 1 is 1.24 bits per heavy atom. The molecular weight excluding hydrogens is 316 g/mol. The maximum Gasteiger partial charge on any atom is 0.252 e. The summed E-state index contributed by atoms with van der Waals surface area (Å²) in [5.41, 5.74) is 1.03. The highest BCUT2D eigenvalue weighted by Gasteiger charge is 2.25. The Hall–Kier alpha value is -2.14. The van der Waals surface area contributed by atoms with Gasteiger partial charge in [0.2, 0.25) is 5.91 Å². The van der Waals surface area contributed by atoms with Gasteiger partial charge in [-0.1, -0.05) is 37.5 Å². The third kappa shape index (κ3) is 4.48. The van der Waals surface area contributed by atoms with Crippen LogP contribution in [0.4, 0.5) is 0 Å². The van der Waals surface area contributed by atoms with Crippen LogP contribution in [-0.4, -0.2) is 28.6 Å². The third-order valence-electron chi connectivity index (χ3n) is 5.19. The lowest BCUT2D eigenvalue weighted by Crippen LogP contribution is -2.42. The van der Waals surface area contributed by atoms with Gasteiger partial charge in [-0.05, 0) is 42.7 Å². The molecule has 0 aliphatic heterocycles. The van der Waals surface area contributed by atoms with Crippen LogP contribution in [0.1, 0.15) is 44.1 Å². The minimum absolute atomic E-state index is 0.00246. The van der Waals surface area contributed by atoms with Gasteiger partial charge in [0.25, 0.3) is 5.56 Å². The van der Waals surface area contributed by atoms with Crippen molar-refractivity contribution in [1.82, 2.24) is 10.3 Å². The number of aromatic amines is 1. The van der Waals surface area contributed by atoms with Gasteiger partial charge < -0.3 is 15.4 Å². The van der Waals surface area contributed by atoms with Crippen LogP contribution in [0.25, 0.3) is 10.9 Å². The van der Waals surface area contributed by atoms with Gasteiger partial charge in [0.15, 0.2) is 0 Å². The van der Waals surface area contributed by atoms with E-state index in [0.29, 0.717) is 17.9 Å². The standard InChI is InChI=1S/C20H26N2O3/c23-11-10-18(14-6-2-1-3-7-14)21-19(24)13-16-12-15-8-4-5-9-17(15)22-20(16)25/h4-5,8-9,12,14,18,23H,1-3,6-7,10-11,13H2,(H,21,24)(H,22,25). The van der Waals surface area contributed by atoms with Crippen molar-refractivity contribution in [2.45, 2.75) is 51.0 Å². The molecule has 0 saturated heterocycles. The van der Waals surface area contributed by atoms with Crippen molar-refractivity contribution in [2.24, 2.45) is 5.92 Å². The number of aromatic nitrogens is 1. The number of carbonyl (C=O) groups excluding carboxylic acids is 1. The minimum Gasteiger partial charge on any atom is -0.396 e. The molecule has 0 spiro atoms. The lowest BCUT2D eigenvalue weighted by Gasteiger charge is -2.30. The Balaban J connectivity index is 1.70. The Kier molecular flexibility index (Phi) is 5.87. The number of para-hydroxylation sites is 1. The molecule has 1 amide bonds. The van der Waals surface area contributed by atoms with Crippen molar-refractivity contribution in [3.63, 3.8) is 0 Å². The van der Waals surface area contributed by atoms with Gasteiger partial charge in [-0.3, -0.25) is 9.59 Å². The van der Waals surface area contributed by atoms with Crippen LogP contribution in [-0.2, 0) is 11.2 Å². The molecule has 25 heavy (non-hydrogen) atoms. The number of benzene rings is 1. The first-order chi connectivity index (χ1) is 12.2. The third-order valence-corrected chi connectivity index (χ3v) is 5.19. The maximum absolute atomic E-state index is 12.5. The SMILES string of the molecule is O=C(Cc1cc2ccccc2[nH]c1=O)NC(CCO)C1CCCCC1. The molecule has 1 fully saturated rings. The second-order valence-electron chi connectivity index (χ2n) is 6.97. The van der Waals surface area contributed by atoms with Crippen molar-refractivity contribution in [2.75, 3.05) is 6.61 Å². The van der Waals surface area contributed by atoms with E-state index in [2.05, 4.69) is 10.3 Å². The number of amides is 1. The first-order valence-corrected chi connectivity index (χ1v) is 9.18. The van der Waals surface area contributed by atoms with Gasteiger partial charge in [0.1, 0.15) is 0 Å². The van der Waals surface area contributed by atoms with E-state index in [1.54, 1.807) is 6.07 Å². The number of pyridine rings is 1. The van der Waals surface area contributed by atoms with E-state index in [9.17, 15) is 14.7 Å². The number of fused-ring (bicyclic) bond motifs is 1. The molecule has 5 nitrogen and oxygen atoms in total. The normalized spacial score (nSPS) is 16.7. The number of hydrogen-bond donors (Lipinski definition) is 3. The fraction of sp³-hybridized carbons (Fsp3) is 0.500. The molecule has 1 aliphatic rings. The fourth-order valence-electron chi connectivity index (χ4n) is 3.86. The summed E-state index contributed by atoms with van der Waals surface area (Å²) in [4.78, 5) is 27.5. The Morgan fingerprint density at radius 3 is 2.76 bits per heavy atom. The van der Waals surface area contributed by atoms with E-state index >= 15 is 0 Å². The van der Waals surface area contributed by atoms with E-state index in [0.717, 1.165) is 23.7 Å². The summed E-state index contributed by atoms with van der Waals surface area (Å²) in [7, 11) is 0. The van der Waals surface area contributed by atoms with E-state index < -0.39 is 0 Å². The molecule has 3 rings (SSSR count). The summed E-state index contributed by atoms with van der Waals surface area (Å²) in [6.07, 6.45) is 6.46. The lowest BCUT2D eigenvalue weighted by molar-refractivity contribution is -0.121. The topological polar surface area (TPSA) is 82.2 Å². The maximum atomic E-state index is 12.5. The molecule has 5 heteroatoms. The van der Waals surface area contributed by atoms with E-state index in [4.69, 9.17) is 0 Å². The average Bonchev–Trinajstić information content (AvgIpc) is 2.63. The van der Waals surface area contributed by atoms with Crippen LogP contribution in [0.3, 0.4) is 0 Å². The smallest absolute Gasteiger partial charge is 0.252 e. The second kappa shape index (κ2) is 8.30. The quantitative estimate of drug-likeness (QED) is 0.754. The summed E-state index contributed by atoms with van der Waals surface area (Å²) < 4.78 is 0. The Bertz CT molecular complexity index is 778. The van der Waals surface area contributed by atoms with Crippen LogP contribution < -0.4 is 10.9 Å². The number of aliphatic hydroxyl groups is 1. The molecule has 1 unspecified atom stereocenters. The number of aliphatic hydroxyl groups excluding tert-OH is 1. The second-order valence-corrected chi connectivity index (χ2v) is 6.97. The van der Waals surface area contributed by atoms with Crippen molar-refractivity contribution in [3.05, 3.63) is 46.2 Å². The van der Waals surface area contributed by atoms with Crippen molar-refractivity contribution < 1.29 is 9.90 Å². The zero-order valence-corrected chi connectivity index (χ0v) is 14.5. The lowest BCUT2D eigenvalue weighted by atomic mass is 9.82. The molecule has 1 atom stereocenters. The molecule has 3 N–H and O–H groups in total. The van der Waals surface area contributed by atoms with Gasteiger partial charge in [0, 0.05) is 23.7 Å². The van der Waals surface area contributed by atoms with Crippen molar-refractivity contribution >= 4 is 16.8 Å². The summed E-state index contributed by atoms with van der Waals surface area (Å²) in [5, 5.41) is 13.3. The number of nitrogens with one attached hydrogen (secondary N) is 2. The number of carbonyl (C=O) groups is 1. The van der Waals surface area contributed by atoms with E-state index in [1.807, 2.05) is 24.3 Å². The average molecular weight is 342 g/mol. The van der Waals surface area contributed by atoms with E-state index in [1.165, 1.54) is 19.3 Å². The molecule has 0 radical (unpaired) electrons. The van der Waals surface area contributed by atoms with Gasteiger partial charge >= 0.3 is 0 Å². The van der Waals surface area contributed by atoms with Gasteiger partial charge in [-0.25, -0.2) is 0 Å². The Morgan fingerprint density at radius 2 is 2.00 bits per heavy atom. The molecule has 1 aromatic heterocycles. The minimum atomic E-state index is -0.217. The number of rotatable bonds is 6. The van der Waals surface area contributed by atoms with Gasteiger partial charge in [0.05, 0.1) is 6.42 Å². The largest absolute Gasteiger partial charge is 0.396 e. The molecule has 0 bridgehead atoms. The molecular formula is C20H26N2O3. The predicted molar refractivity (Wildman–Crippen MR) is 98.5 cm³/mol. The fourth-order valence-corrected chi connectivity index (χ4v) is 3.86. The number of H-pyrrole nitrogens is 1. The molecule has 1 heterocycles. The van der Waals surface area contributed by atoms with Crippen LogP contribution in [0.2, 0.25) is 0 Å². The first kappa shape index (κ1) is 17.7. The summed E-state index contributed by atoms with van der Waals surface area (Å²) in [5.74, 6) is 0.282. The highest BCUT2D eigenvalue weighted by atomic mass is 16.3.